The molecular formula is C16H21N3O3S2. The zero-order chi connectivity index (χ0) is 17.7. The van der Waals surface area contributed by atoms with E-state index in [2.05, 4.69) is 4.98 Å². The Kier molecular flexibility index (Phi) is 6.09. The zero-order valence-corrected chi connectivity index (χ0v) is 15.6. The molecule has 0 fully saturated rings. The van der Waals surface area contributed by atoms with Crippen LogP contribution in [0.3, 0.4) is 0 Å². The molecule has 0 atom stereocenters. The van der Waals surface area contributed by atoms with Crippen LogP contribution in [-0.2, 0) is 16.6 Å². The number of carbonyl (C=O) groups excluding carboxylic acids is 1. The van der Waals surface area contributed by atoms with Crippen molar-refractivity contribution < 1.29 is 13.2 Å². The normalized spacial score (nSPS) is 11.7. The van der Waals surface area contributed by atoms with Gasteiger partial charge < -0.3 is 4.90 Å². The SMILES string of the molecule is CCN(CC)C(=O)c1cccc(S(=O)(=O)N(C)Cc2nccs2)c1. The first kappa shape index (κ1) is 18.6. The third kappa shape index (κ3) is 4.00. The van der Waals surface area contributed by atoms with Gasteiger partial charge in [-0.05, 0) is 32.0 Å². The molecule has 1 aromatic heterocycles. The van der Waals surface area contributed by atoms with E-state index in [-0.39, 0.29) is 17.3 Å². The van der Waals surface area contributed by atoms with Crippen LogP contribution >= 0.6 is 11.3 Å². The van der Waals surface area contributed by atoms with Crippen LogP contribution in [0.15, 0.2) is 40.7 Å². The van der Waals surface area contributed by atoms with Crippen molar-refractivity contribution in [3.05, 3.63) is 46.4 Å². The van der Waals surface area contributed by atoms with Crippen LogP contribution in [0.4, 0.5) is 0 Å². The van der Waals surface area contributed by atoms with Gasteiger partial charge in [0.1, 0.15) is 5.01 Å². The maximum absolute atomic E-state index is 12.7. The number of rotatable bonds is 7. The second-order valence-electron chi connectivity index (χ2n) is 5.19. The number of sulfonamides is 1. The van der Waals surface area contributed by atoms with E-state index in [9.17, 15) is 13.2 Å². The molecule has 0 radical (unpaired) electrons. The van der Waals surface area contributed by atoms with E-state index in [0.29, 0.717) is 18.7 Å². The minimum atomic E-state index is -3.68. The van der Waals surface area contributed by atoms with E-state index in [1.165, 1.54) is 34.8 Å². The fourth-order valence-electron chi connectivity index (χ4n) is 2.27. The zero-order valence-electron chi connectivity index (χ0n) is 14.0. The minimum absolute atomic E-state index is 0.111. The second kappa shape index (κ2) is 7.87. The number of amides is 1. The monoisotopic (exact) mass is 367 g/mol. The summed E-state index contributed by atoms with van der Waals surface area (Å²) in [5, 5.41) is 2.52. The van der Waals surface area contributed by atoms with E-state index in [4.69, 9.17) is 0 Å². The van der Waals surface area contributed by atoms with Crippen LogP contribution in [0.5, 0.6) is 0 Å². The molecule has 0 N–H and O–H groups in total. The predicted molar refractivity (Wildman–Crippen MR) is 94.5 cm³/mol. The van der Waals surface area contributed by atoms with Crippen molar-refractivity contribution in [1.82, 2.24) is 14.2 Å². The maximum atomic E-state index is 12.7. The molecule has 130 valence electrons. The van der Waals surface area contributed by atoms with Crippen LogP contribution in [0, 0.1) is 0 Å². The number of nitrogens with zero attached hydrogens (tertiary/aromatic N) is 3. The van der Waals surface area contributed by atoms with Crippen molar-refractivity contribution in [2.45, 2.75) is 25.3 Å². The lowest BCUT2D eigenvalue weighted by molar-refractivity contribution is 0.0772. The fourth-order valence-corrected chi connectivity index (χ4v) is 4.20. The summed E-state index contributed by atoms with van der Waals surface area (Å²) in [7, 11) is -2.17. The molecule has 1 heterocycles. The van der Waals surface area contributed by atoms with Crippen molar-refractivity contribution in [3.63, 3.8) is 0 Å². The maximum Gasteiger partial charge on any atom is 0.253 e. The summed E-state index contributed by atoms with van der Waals surface area (Å²) in [6, 6.07) is 6.18. The highest BCUT2D eigenvalue weighted by atomic mass is 32.2. The van der Waals surface area contributed by atoms with Gasteiger partial charge >= 0.3 is 0 Å². The average Bonchev–Trinajstić information content (AvgIpc) is 3.09. The highest BCUT2D eigenvalue weighted by molar-refractivity contribution is 7.89. The number of thiazole rings is 1. The quantitative estimate of drug-likeness (QED) is 0.754. The molecular weight excluding hydrogens is 346 g/mol. The molecule has 0 spiro atoms. The first-order valence-electron chi connectivity index (χ1n) is 7.64. The van der Waals surface area contributed by atoms with Crippen molar-refractivity contribution in [2.75, 3.05) is 20.1 Å². The lowest BCUT2D eigenvalue weighted by atomic mass is 10.2. The number of hydrogen-bond acceptors (Lipinski definition) is 5. The summed E-state index contributed by atoms with van der Waals surface area (Å²) in [6.45, 7) is 5.15. The molecule has 8 heteroatoms. The van der Waals surface area contributed by atoms with Crippen LogP contribution in [0.2, 0.25) is 0 Å². The van der Waals surface area contributed by atoms with Crippen molar-refractivity contribution >= 4 is 27.3 Å². The Balaban J connectivity index is 2.27. The van der Waals surface area contributed by atoms with E-state index >= 15 is 0 Å². The van der Waals surface area contributed by atoms with Gasteiger partial charge in [0.05, 0.1) is 11.4 Å². The molecule has 24 heavy (non-hydrogen) atoms. The van der Waals surface area contributed by atoms with Crippen LogP contribution < -0.4 is 0 Å². The molecule has 0 aliphatic carbocycles. The van der Waals surface area contributed by atoms with Crippen LogP contribution in [0.25, 0.3) is 0 Å². The Morgan fingerprint density at radius 1 is 1.25 bits per heavy atom. The van der Waals surface area contributed by atoms with Crippen LogP contribution in [0.1, 0.15) is 29.2 Å². The van der Waals surface area contributed by atoms with Gasteiger partial charge in [0.25, 0.3) is 5.91 Å². The molecule has 0 aliphatic heterocycles. The van der Waals surface area contributed by atoms with Crippen molar-refractivity contribution in [3.8, 4) is 0 Å². The molecule has 0 saturated carbocycles. The highest BCUT2D eigenvalue weighted by Crippen LogP contribution is 2.19. The van der Waals surface area contributed by atoms with Gasteiger partial charge in [-0.2, -0.15) is 4.31 Å². The van der Waals surface area contributed by atoms with Gasteiger partial charge in [-0.1, -0.05) is 6.07 Å². The number of aromatic nitrogens is 1. The topological polar surface area (TPSA) is 70.6 Å². The smallest absolute Gasteiger partial charge is 0.253 e. The summed E-state index contributed by atoms with van der Waals surface area (Å²) in [4.78, 5) is 18.3. The van der Waals surface area contributed by atoms with Crippen molar-refractivity contribution in [1.29, 1.82) is 0 Å². The lowest BCUT2D eigenvalue weighted by Gasteiger charge is -2.20. The largest absolute Gasteiger partial charge is 0.339 e. The molecule has 0 saturated heterocycles. The summed E-state index contributed by atoms with van der Waals surface area (Å²) in [5.74, 6) is -0.167. The van der Waals surface area contributed by atoms with Crippen LogP contribution in [-0.4, -0.2) is 48.7 Å². The number of carbonyl (C=O) groups is 1. The minimum Gasteiger partial charge on any atom is -0.339 e. The molecule has 0 aliphatic rings. The summed E-state index contributed by atoms with van der Waals surface area (Å²) < 4.78 is 26.7. The van der Waals surface area contributed by atoms with E-state index in [1.807, 2.05) is 13.8 Å². The number of benzene rings is 1. The fraction of sp³-hybridized carbons (Fsp3) is 0.375. The third-order valence-corrected chi connectivity index (χ3v) is 6.24. The summed E-state index contributed by atoms with van der Waals surface area (Å²) in [6.07, 6.45) is 1.64. The van der Waals surface area contributed by atoms with E-state index in [1.54, 1.807) is 28.6 Å². The average molecular weight is 367 g/mol. The third-order valence-electron chi connectivity index (χ3n) is 3.68. The first-order chi connectivity index (χ1) is 11.4. The molecule has 0 unspecified atom stereocenters. The van der Waals surface area contributed by atoms with Crippen molar-refractivity contribution in [2.24, 2.45) is 0 Å². The van der Waals surface area contributed by atoms with E-state index in [0.717, 1.165) is 5.01 Å². The van der Waals surface area contributed by atoms with Gasteiger partial charge in [0.2, 0.25) is 10.0 Å². The lowest BCUT2D eigenvalue weighted by Crippen LogP contribution is -2.31. The van der Waals surface area contributed by atoms with Gasteiger partial charge in [0, 0.05) is 37.3 Å². The Morgan fingerprint density at radius 2 is 1.96 bits per heavy atom. The Hall–Kier alpha value is -1.77. The summed E-state index contributed by atoms with van der Waals surface area (Å²) >= 11 is 1.40. The summed E-state index contributed by atoms with van der Waals surface area (Å²) in [5.41, 5.74) is 0.377. The van der Waals surface area contributed by atoms with Gasteiger partial charge in [-0.3, -0.25) is 4.79 Å². The molecule has 2 aromatic rings. The number of hydrogen-bond donors (Lipinski definition) is 0. The molecule has 1 amide bonds. The molecule has 2 rings (SSSR count). The second-order valence-corrected chi connectivity index (χ2v) is 8.22. The Labute approximate surface area is 146 Å². The first-order valence-corrected chi connectivity index (χ1v) is 9.96. The van der Waals surface area contributed by atoms with Gasteiger partial charge in [-0.25, -0.2) is 13.4 Å². The van der Waals surface area contributed by atoms with Gasteiger partial charge in [0.15, 0.2) is 0 Å². The molecule has 1 aromatic carbocycles. The Morgan fingerprint density at radius 3 is 2.54 bits per heavy atom. The molecule has 6 nitrogen and oxygen atoms in total. The van der Waals surface area contributed by atoms with Gasteiger partial charge in [-0.15, -0.1) is 11.3 Å². The van der Waals surface area contributed by atoms with E-state index < -0.39 is 10.0 Å². The standard InChI is InChI=1S/C16H21N3O3S2/c1-4-19(5-2)16(20)13-7-6-8-14(11-13)24(21,22)18(3)12-15-17-9-10-23-15/h6-11H,4-5,12H2,1-3H3. The highest BCUT2D eigenvalue weighted by Gasteiger charge is 2.23. The molecule has 0 bridgehead atoms. The Bertz CT molecular complexity index is 785. The predicted octanol–water partition coefficient (Wildman–Crippen LogP) is 2.45.